The number of benzene rings is 2. The number of hydrogen-bond donors (Lipinski definition) is 0. The van der Waals surface area contributed by atoms with Gasteiger partial charge in [-0.3, -0.25) is 0 Å². The van der Waals surface area contributed by atoms with E-state index in [0.717, 1.165) is 14.7 Å². The monoisotopic (exact) mass is 431 g/mol. The molecule has 1 heterocycles. The van der Waals surface area contributed by atoms with Crippen LogP contribution in [0.2, 0.25) is 0 Å². The maximum absolute atomic E-state index is 12.1. The number of ether oxygens (including phenoxy) is 2. The Kier molecular flexibility index (Phi) is 5.10. The van der Waals surface area contributed by atoms with Crippen LogP contribution in [0.3, 0.4) is 0 Å². The van der Waals surface area contributed by atoms with Gasteiger partial charge in [0.25, 0.3) is 0 Å². The van der Waals surface area contributed by atoms with Crippen LogP contribution in [0.5, 0.6) is 5.75 Å². The Labute approximate surface area is 153 Å². The first-order valence-electron chi connectivity index (χ1n) is 7.28. The van der Waals surface area contributed by atoms with Crippen LogP contribution in [0.25, 0.3) is 6.08 Å². The molecule has 0 saturated heterocycles. The van der Waals surface area contributed by atoms with Crippen LogP contribution in [-0.4, -0.2) is 18.5 Å². The quantitative estimate of drug-likeness (QED) is 0.309. The van der Waals surface area contributed by atoms with Crippen LogP contribution < -0.4 is 4.74 Å². The van der Waals surface area contributed by atoms with E-state index < -0.39 is 5.97 Å². The highest BCUT2D eigenvalue weighted by Gasteiger charge is 2.24. The van der Waals surface area contributed by atoms with Gasteiger partial charge >= 0.3 is 5.97 Å². The predicted octanol–water partition coefficient (Wildman–Crippen LogP) is 4.20. The fourth-order valence-corrected chi connectivity index (χ4v) is 2.51. The summed E-state index contributed by atoms with van der Waals surface area (Å²) in [5.41, 5.74) is 1.78. The summed E-state index contributed by atoms with van der Waals surface area (Å²) in [5.74, 6) is 0.504. The van der Waals surface area contributed by atoms with Crippen molar-refractivity contribution in [2.45, 2.75) is 0 Å². The van der Waals surface area contributed by atoms with E-state index in [-0.39, 0.29) is 5.70 Å². The first kappa shape index (κ1) is 16.4. The zero-order valence-corrected chi connectivity index (χ0v) is 14.9. The van der Waals surface area contributed by atoms with Crippen molar-refractivity contribution in [1.82, 2.24) is 0 Å². The van der Waals surface area contributed by atoms with Crippen molar-refractivity contribution >= 4 is 40.5 Å². The molecule has 0 amide bonds. The molecule has 0 atom stereocenters. The van der Waals surface area contributed by atoms with Crippen LogP contribution >= 0.6 is 22.6 Å². The smallest absolute Gasteiger partial charge is 0.363 e. The second-order valence-corrected chi connectivity index (χ2v) is 6.23. The molecule has 0 aromatic heterocycles. The van der Waals surface area contributed by atoms with E-state index >= 15 is 0 Å². The lowest BCUT2D eigenvalue weighted by molar-refractivity contribution is -0.129. The number of aliphatic imine (C=N–C) groups is 1. The second kappa shape index (κ2) is 7.44. The van der Waals surface area contributed by atoms with Crippen molar-refractivity contribution in [3.8, 4) is 5.75 Å². The maximum Gasteiger partial charge on any atom is 0.363 e. The molecule has 0 bridgehead atoms. The highest BCUT2D eigenvalue weighted by molar-refractivity contribution is 14.1. The van der Waals surface area contributed by atoms with E-state index in [4.69, 9.17) is 9.47 Å². The summed E-state index contributed by atoms with van der Waals surface area (Å²) in [5, 5.41) is 0. The predicted molar refractivity (Wildman–Crippen MR) is 102 cm³/mol. The summed E-state index contributed by atoms with van der Waals surface area (Å²) < 4.78 is 12.0. The van der Waals surface area contributed by atoms with Gasteiger partial charge in [0.05, 0.1) is 0 Å². The Morgan fingerprint density at radius 2 is 1.92 bits per heavy atom. The van der Waals surface area contributed by atoms with Gasteiger partial charge in [0.15, 0.2) is 5.70 Å². The standard InChI is InChI=1S/C19H14INO3/c1-2-11-23-17-6-4-3-5-14(17)12-16-19(22)24-18(21-16)13-7-9-15(20)10-8-13/h2-10,12H,1,11H2. The van der Waals surface area contributed by atoms with Gasteiger partial charge in [-0.15, -0.1) is 0 Å². The van der Waals surface area contributed by atoms with E-state index in [1.54, 1.807) is 12.2 Å². The Morgan fingerprint density at radius 3 is 2.67 bits per heavy atom. The molecule has 1 aliphatic heterocycles. The molecule has 120 valence electrons. The number of esters is 1. The van der Waals surface area contributed by atoms with Gasteiger partial charge < -0.3 is 9.47 Å². The Morgan fingerprint density at radius 1 is 1.17 bits per heavy atom. The average molecular weight is 431 g/mol. The van der Waals surface area contributed by atoms with Crippen LogP contribution in [0, 0.1) is 3.57 Å². The van der Waals surface area contributed by atoms with Gasteiger partial charge in [-0.05, 0) is 59.0 Å². The van der Waals surface area contributed by atoms with E-state index in [1.165, 1.54) is 0 Å². The lowest BCUT2D eigenvalue weighted by Gasteiger charge is -2.06. The lowest BCUT2D eigenvalue weighted by atomic mass is 10.1. The Balaban J connectivity index is 1.91. The minimum atomic E-state index is -0.470. The molecular formula is C19H14INO3. The summed E-state index contributed by atoms with van der Waals surface area (Å²) in [7, 11) is 0. The molecule has 2 aromatic carbocycles. The SMILES string of the molecule is C=CCOc1ccccc1C=C1N=C(c2ccc(I)cc2)OC1=O. The third-order valence-electron chi connectivity index (χ3n) is 3.28. The van der Waals surface area contributed by atoms with Crippen LogP contribution in [0.4, 0.5) is 0 Å². The van der Waals surface area contributed by atoms with Gasteiger partial charge in [-0.25, -0.2) is 9.79 Å². The molecule has 0 fully saturated rings. The van der Waals surface area contributed by atoms with Crippen LogP contribution in [0.1, 0.15) is 11.1 Å². The number of hydrogen-bond acceptors (Lipinski definition) is 4. The minimum Gasteiger partial charge on any atom is -0.489 e. The van der Waals surface area contributed by atoms with Gasteiger partial charge in [0.1, 0.15) is 12.4 Å². The van der Waals surface area contributed by atoms with E-state index in [2.05, 4.69) is 34.2 Å². The van der Waals surface area contributed by atoms with Gasteiger partial charge in [-0.1, -0.05) is 30.9 Å². The van der Waals surface area contributed by atoms with Crippen LogP contribution in [-0.2, 0) is 9.53 Å². The zero-order valence-electron chi connectivity index (χ0n) is 12.7. The molecule has 4 nitrogen and oxygen atoms in total. The van der Waals surface area contributed by atoms with Crippen molar-refractivity contribution in [2.24, 2.45) is 4.99 Å². The fourth-order valence-electron chi connectivity index (χ4n) is 2.15. The lowest BCUT2D eigenvalue weighted by Crippen LogP contribution is -2.05. The maximum atomic E-state index is 12.1. The molecule has 0 saturated carbocycles. The average Bonchev–Trinajstić information content (AvgIpc) is 2.95. The number of nitrogens with zero attached hydrogens (tertiary/aromatic N) is 1. The second-order valence-electron chi connectivity index (χ2n) is 4.98. The largest absolute Gasteiger partial charge is 0.489 e. The third-order valence-corrected chi connectivity index (χ3v) is 4.00. The molecule has 0 radical (unpaired) electrons. The summed E-state index contributed by atoms with van der Waals surface area (Å²) >= 11 is 2.22. The first-order valence-corrected chi connectivity index (χ1v) is 8.36. The number of carbonyl (C=O) groups is 1. The summed E-state index contributed by atoms with van der Waals surface area (Å²) in [6.45, 7) is 4.02. The molecule has 5 heteroatoms. The number of halogens is 1. The molecule has 0 unspecified atom stereocenters. The normalized spacial score (nSPS) is 15.1. The van der Waals surface area contributed by atoms with E-state index in [1.807, 2.05) is 48.5 Å². The van der Waals surface area contributed by atoms with Crippen molar-refractivity contribution in [2.75, 3.05) is 6.61 Å². The molecular weight excluding hydrogens is 417 g/mol. The van der Waals surface area contributed by atoms with E-state index in [0.29, 0.717) is 18.3 Å². The highest BCUT2D eigenvalue weighted by atomic mass is 127. The van der Waals surface area contributed by atoms with Crippen molar-refractivity contribution < 1.29 is 14.3 Å². The van der Waals surface area contributed by atoms with Gasteiger partial charge in [-0.2, -0.15) is 0 Å². The molecule has 2 aromatic rings. The summed E-state index contributed by atoms with van der Waals surface area (Å²) in [4.78, 5) is 16.4. The highest BCUT2D eigenvalue weighted by Crippen LogP contribution is 2.25. The molecule has 3 rings (SSSR count). The van der Waals surface area contributed by atoms with Crippen molar-refractivity contribution in [1.29, 1.82) is 0 Å². The zero-order chi connectivity index (χ0) is 16.9. The molecule has 0 N–H and O–H groups in total. The fraction of sp³-hybridized carbons (Fsp3) is 0.0526. The number of para-hydroxylation sites is 1. The van der Waals surface area contributed by atoms with Gasteiger partial charge in [0.2, 0.25) is 5.90 Å². The summed E-state index contributed by atoms with van der Waals surface area (Å²) in [6, 6.07) is 15.1. The van der Waals surface area contributed by atoms with Crippen molar-refractivity contribution in [3.63, 3.8) is 0 Å². The Hall–Kier alpha value is -2.41. The summed E-state index contributed by atoms with van der Waals surface area (Å²) in [6.07, 6.45) is 3.33. The molecule has 0 aliphatic carbocycles. The molecule has 24 heavy (non-hydrogen) atoms. The van der Waals surface area contributed by atoms with Gasteiger partial charge in [0, 0.05) is 14.7 Å². The minimum absolute atomic E-state index is 0.248. The number of cyclic esters (lactones) is 1. The van der Waals surface area contributed by atoms with E-state index in [9.17, 15) is 4.79 Å². The number of carbonyl (C=O) groups excluding carboxylic acids is 1. The third kappa shape index (κ3) is 3.73. The van der Waals surface area contributed by atoms with Crippen LogP contribution in [0.15, 0.2) is 71.9 Å². The number of rotatable bonds is 5. The molecule has 1 aliphatic rings. The molecule has 0 spiro atoms. The van der Waals surface area contributed by atoms with Crippen molar-refractivity contribution in [3.05, 3.63) is 81.6 Å². The first-order chi connectivity index (χ1) is 11.7. The topological polar surface area (TPSA) is 47.9 Å². The Bertz CT molecular complexity index is 838.